The largest absolute Gasteiger partial charge is 0.388 e. The molecule has 0 aromatic carbocycles. The Bertz CT molecular complexity index is 365. The third-order valence-electron chi connectivity index (χ3n) is 3.67. The topological polar surface area (TPSA) is 36.4 Å². The van der Waals surface area contributed by atoms with Gasteiger partial charge in [0.15, 0.2) is 0 Å². The smallest absolute Gasteiger partial charge is 0.127 e. The van der Waals surface area contributed by atoms with E-state index < -0.39 is 6.10 Å². The van der Waals surface area contributed by atoms with E-state index in [1.165, 1.54) is 0 Å². The SMILES string of the molecule is CC(CC(O)c1ccc(N(C)C)nc1)C(C)(C)C. The molecule has 1 heterocycles. The molecule has 0 aliphatic heterocycles. The summed E-state index contributed by atoms with van der Waals surface area (Å²) in [5.41, 5.74) is 1.12. The highest BCUT2D eigenvalue weighted by Gasteiger charge is 2.23. The Balaban J connectivity index is 2.70. The maximum Gasteiger partial charge on any atom is 0.127 e. The monoisotopic (exact) mass is 250 g/mol. The summed E-state index contributed by atoms with van der Waals surface area (Å²) in [7, 11) is 3.92. The van der Waals surface area contributed by atoms with Gasteiger partial charge in [-0.1, -0.05) is 33.8 Å². The van der Waals surface area contributed by atoms with Crippen LogP contribution in [0.5, 0.6) is 0 Å². The van der Waals surface area contributed by atoms with Crippen molar-refractivity contribution in [2.24, 2.45) is 11.3 Å². The van der Waals surface area contributed by atoms with Crippen molar-refractivity contribution in [3.8, 4) is 0 Å². The first-order valence-corrected chi connectivity index (χ1v) is 6.53. The van der Waals surface area contributed by atoms with Gasteiger partial charge >= 0.3 is 0 Å². The first-order valence-electron chi connectivity index (χ1n) is 6.53. The fraction of sp³-hybridized carbons (Fsp3) is 0.667. The Morgan fingerprint density at radius 2 is 1.89 bits per heavy atom. The van der Waals surface area contributed by atoms with Crippen LogP contribution < -0.4 is 4.90 Å². The Morgan fingerprint density at radius 1 is 1.28 bits per heavy atom. The molecule has 3 nitrogen and oxygen atoms in total. The molecule has 0 aliphatic rings. The van der Waals surface area contributed by atoms with Gasteiger partial charge in [0, 0.05) is 20.3 Å². The molecular formula is C15H26N2O. The molecule has 1 N–H and O–H groups in total. The quantitative estimate of drug-likeness (QED) is 0.891. The number of aliphatic hydroxyl groups excluding tert-OH is 1. The molecule has 2 unspecified atom stereocenters. The molecule has 18 heavy (non-hydrogen) atoms. The maximum atomic E-state index is 10.2. The molecule has 2 atom stereocenters. The number of hydrogen-bond donors (Lipinski definition) is 1. The first-order chi connectivity index (χ1) is 8.21. The third kappa shape index (κ3) is 3.98. The summed E-state index contributed by atoms with van der Waals surface area (Å²) in [6.07, 6.45) is 2.12. The zero-order valence-electron chi connectivity index (χ0n) is 12.4. The van der Waals surface area contributed by atoms with E-state index in [1.54, 1.807) is 6.20 Å². The molecule has 0 bridgehead atoms. The molecule has 0 aliphatic carbocycles. The van der Waals surface area contributed by atoms with Crippen LogP contribution in [-0.4, -0.2) is 24.2 Å². The van der Waals surface area contributed by atoms with Crippen molar-refractivity contribution < 1.29 is 5.11 Å². The molecule has 1 aromatic heterocycles. The van der Waals surface area contributed by atoms with Crippen LogP contribution in [0.15, 0.2) is 18.3 Å². The van der Waals surface area contributed by atoms with Gasteiger partial charge in [-0.05, 0) is 29.4 Å². The summed E-state index contributed by atoms with van der Waals surface area (Å²) in [6.45, 7) is 8.80. The number of hydrogen-bond acceptors (Lipinski definition) is 3. The molecule has 0 spiro atoms. The number of aromatic nitrogens is 1. The summed E-state index contributed by atoms with van der Waals surface area (Å²) in [5, 5.41) is 10.2. The molecule has 0 fully saturated rings. The number of pyridine rings is 1. The van der Waals surface area contributed by atoms with Crippen molar-refractivity contribution in [1.82, 2.24) is 4.98 Å². The number of aliphatic hydroxyl groups is 1. The van der Waals surface area contributed by atoms with Gasteiger partial charge in [-0.15, -0.1) is 0 Å². The van der Waals surface area contributed by atoms with E-state index in [9.17, 15) is 5.11 Å². The van der Waals surface area contributed by atoms with E-state index >= 15 is 0 Å². The van der Waals surface area contributed by atoms with Crippen molar-refractivity contribution in [2.45, 2.75) is 40.2 Å². The summed E-state index contributed by atoms with van der Waals surface area (Å²) in [4.78, 5) is 6.29. The average molecular weight is 250 g/mol. The fourth-order valence-corrected chi connectivity index (χ4v) is 1.68. The van der Waals surface area contributed by atoms with Crippen LogP contribution in [0, 0.1) is 11.3 Å². The van der Waals surface area contributed by atoms with Crippen molar-refractivity contribution in [1.29, 1.82) is 0 Å². The third-order valence-corrected chi connectivity index (χ3v) is 3.67. The summed E-state index contributed by atoms with van der Waals surface area (Å²) >= 11 is 0. The Labute approximate surface area is 111 Å². The van der Waals surface area contributed by atoms with Crippen LogP contribution in [0.1, 0.15) is 45.8 Å². The van der Waals surface area contributed by atoms with E-state index in [0.717, 1.165) is 17.8 Å². The maximum absolute atomic E-state index is 10.2. The molecule has 0 amide bonds. The lowest BCUT2D eigenvalue weighted by Crippen LogP contribution is -2.20. The number of anilines is 1. The van der Waals surface area contributed by atoms with Gasteiger partial charge in [0.25, 0.3) is 0 Å². The van der Waals surface area contributed by atoms with E-state index in [0.29, 0.717) is 5.92 Å². The number of nitrogens with zero attached hydrogens (tertiary/aromatic N) is 2. The van der Waals surface area contributed by atoms with E-state index in [1.807, 2.05) is 31.1 Å². The summed E-state index contributed by atoms with van der Waals surface area (Å²) in [5.74, 6) is 1.37. The summed E-state index contributed by atoms with van der Waals surface area (Å²) < 4.78 is 0. The lowest BCUT2D eigenvalue weighted by Gasteiger charge is -2.29. The van der Waals surface area contributed by atoms with Gasteiger partial charge in [-0.3, -0.25) is 0 Å². The van der Waals surface area contributed by atoms with Crippen LogP contribution in [0.25, 0.3) is 0 Å². The van der Waals surface area contributed by atoms with Gasteiger partial charge in [-0.25, -0.2) is 4.98 Å². The standard InChI is InChI=1S/C15H26N2O/c1-11(15(2,3)4)9-13(18)12-7-8-14(16-10-12)17(5)6/h7-8,10-11,13,18H,9H2,1-6H3. The van der Waals surface area contributed by atoms with Gasteiger partial charge in [-0.2, -0.15) is 0 Å². The van der Waals surface area contributed by atoms with Crippen LogP contribution >= 0.6 is 0 Å². The van der Waals surface area contributed by atoms with Crippen molar-refractivity contribution in [3.05, 3.63) is 23.9 Å². The minimum atomic E-state index is -0.428. The second-order valence-corrected chi connectivity index (χ2v) is 6.36. The Morgan fingerprint density at radius 3 is 2.28 bits per heavy atom. The van der Waals surface area contributed by atoms with Crippen LogP contribution in [0.3, 0.4) is 0 Å². The second-order valence-electron chi connectivity index (χ2n) is 6.36. The highest BCUT2D eigenvalue weighted by molar-refractivity contribution is 5.37. The van der Waals surface area contributed by atoms with E-state index in [2.05, 4.69) is 32.7 Å². The van der Waals surface area contributed by atoms with Gasteiger partial charge < -0.3 is 10.0 Å². The predicted octanol–water partition coefficient (Wildman–Crippen LogP) is 3.25. The molecule has 3 heteroatoms. The van der Waals surface area contributed by atoms with Crippen molar-refractivity contribution in [2.75, 3.05) is 19.0 Å². The highest BCUT2D eigenvalue weighted by Crippen LogP contribution is 2.33. The molecular weight excluding hydrogens is 224 g/mol. The minimum absolute atomic E-state index is 0.220. The molecule has 1 aromatic rings. The zero-order valence-corrected chi connectivity index (χ0v) is 12.4. The van der Waals surface area contributed by atoms with Gasteiger partial charge in [0.2, 0.25) is 0 Å². The molecule has 1 rings (SSSR count). The molecule has 0 radical (unpaired) electrons. The van der Waals surface area contributed by atoms with Crippen molar-refractivity contribution in [3.63, 3.8) is 0 Å². The summed E-state index contributed by atoms with van der Waals surface area (Å²) in [6, 6.07) is 3.91. The zero-order chi connectivity index (χ0) is 13.9. The van der Waals surface area contributed by atoms with Gasteiger partial charge in [0.05, 0.1) is 6.10 Å². The second kappa shape index (κ2) is 5.70. The lowest BCUT2D eigenvalue weighted by atomic mass is 9.78. The highest BCUT2D eigenvalue weighted by atomic mass is 16.3. The number of rotatable bonds is 4. The minimum Gasteiger partial charge on any atom is -0.388 e. The first kappa shape index (κ1) is 15.0. The van der Waals surface area contributed by atoms with Crippen LogP contribution in [0.2, 0.25) is 0 Å². The Kier molecular flexibility index (Phi) is 4.74. The molecule has 102 valence electrons. The molecule has 0 saturated carbocycles. The predicted molar refractivity (Wildman–Crippen MR) is 76.8 cm³/mol. The average Bonchev–Trinajstić information content (AvgIpc) is 2.27. The lowest BCUT2D eigenvalue weighted by molar-refractivity contribution is 0.110. The van der Waals surface area contributed by atoms with Crippen LogP contribution in [0.4, 0.5) is 5.82 Å². The van der Waals surface area contributed by atoms with Crippen molar-refractivity contribution >= 4 is 5.82 Å². The Hall–Kier alpha value is -1.09. The normalized spacial score (nSPS) is 15.3. The fourth-order valence-electron chi connectivity index (χ4n) is 1.68. The van der Waals surface area contributed by atoms with E-state index in [4.69, 9.17) is 0 Å². The molecule has 0 saturated heterocycles. The van der Waals surface area contributed by atoms with Gasteiger partial charge in [0.1, 0.15) is 5.82 Å². The van der Waals surface area contributed by atoms with E-state index in [-0.39, 0.29) is 5.41 Å². The van der Waals surface area contributed by atoms with Crippen LogP contribution in [-0.2, 0) is 0 Å².